The van der Waals surface area contributed by atoms with Gasteiger partial charge in [0, 0.05) is 5.92 Å². The molecule has 1 aliphatic heterocycles. The van der Waals surface area contributed by atoms with Crippen molar-refractivity contribution in [2.45, 2.75) is 12.5 Å². The maximum Gasteiger partial charge on any atom is 0.105 e. The molecule has 0 N–H and O–H groups in total. The molecule has 32 valence electrons. The molecule has 0 amide bonds. The zero-order valence-electron chi connectivity index (χ0n) is 3.42. The van der Waals surface area contributed by atoms with Gasteiger partial charge in [-0.2, -0.15) is 0 Å². The first-order valence-corrected chi connectivity index (χ1v) is 2.29. The van der Waals surface area contributed by atoms with Crippen LogP contribution in [0.25, 0.3) is 0 Å². The molecule has 1 fully saturated rings. The SMILES string of the molecule is C1=CC2C[C@@H]2O1. The molecule has 2 aliphatic rings. The Morgan fingerprint density at radius 1 is 1.67 bits per heavy atom. The summed E-state index contributed by atoms with van der Waals surface area (Å²) in [4.78, 5) is 0. The van der Waals surface area contributed by atoms with Gasteiger partial charge in [-0.15, -0.1) is 0 Å². The van der Waals surface area contributed by atoms with Crippen molar-refractivity contribution in [2.75, 3.05) is 0 Å². The second-order valence-electron chi connectivity index (χ2n) is 1.90. The minimum Gasteiger partial charge on any atom is -0.498 e. The maximum absolute atomic E-state index is 5.05. The van der Waals surface area contributed by atoms with Crippen LogP contribution in [0.2, 0.25) is 0 Å². The summed E-state index contributed by atoms with van der Waals surface area (Å²) in [6.07, 6.45) is 5.81. The Balaban J connectivity index is 2.26. The lowest BCUT2D eigenvalue weighted by Gasteiger charge is -1.84. The van der Waals surface area contributed by atoms with Crippen LogP contribution in [0, 0.1) is 5.92 Å². The molecule has 0 saturated heterocycles. The van der Waals surface area contributed by atoms with Crippen LogP contribution in [0.5, 0.6) is 0 Å². The van der Waals surface area contributed by atoms with Crippen molar-refractivity contribution in [2.24, 2.45) is 5.92 Å². The summed E-state index contributed by atoms with van der Waals surface area (Å²) in [5, 5.41) is 0. The number of hydrogen-bond acceptors (Lipinski definition) is 1. The third kappa shape index (κ3) is 0.171. The van der Waals surface area contributed by atoms with Crippen molar-refractivity contribution in [1.82, 2.24) is 0 Å². The van der Waals surface area contributed by atoms with Crippen LogP contribution in [-0.4, -0.2) is 6.10 Å². The van der Waals surface area contributed by atoms with Crippen molar-refractivity contribution in [3.05, 3.63) is 12.3 Å². The largest absolute Gasteiger partial charge is 0.498 e. The van der Waals surface area contributed by atoms with E-state index in [1.54, 1.807) is 6.26 Å². The Labute approximate surface area is 36.6 Å². The van der Waals surface area contributed by atoms with Gasteiger partial charge in [-0.3, -0.25) is 0 Å². The zero-order valence-corrected chi connectivity index (χ0v) is 3.42. The van der Waals surface area contributed by atoms with E-state index in [1.165, 1.54) is 6.42 Å². The van der Waals surface area contributed by atoms with Crippen LogP contribution in [0.15, 0.2) is 12.3 Å². The van der Waals surface area contributed by atoms with Crippen LogP contribution in [0.1, 0.15) is 6.42 Å². The normalized spacial score (nSPS) is 48.0. The molecule has 1 heterocycles. The molecule has 6 heavy (non-hydrogen) atoms. The van der Waals surface area contributed by atoms with Crippen molar-refractivity contribution in [3.63, 3.8) is 0 Å². The Hall–Kier alpha value is -0.460. The maximum atomic E-state index is 5.05. The van der Waals surface area contributed by atoms with E-state index < -0.39 is 0 Å². The van der Waals surface area contributed by atoms with Gasteiger partial charge < -0.3 is 4.74 Å². The van der Waals surface area contributed by atoms with Gasteiger partial charge in [-0.25, -0.2) is 0 Å². The molecule has 0 aromatic rings. The zero-order chi connectivity index (χ0) is 3.98. The number of fused-ring (bicyclic) bond motifs is 1. The van der Waals surface area contributed by atoms with Crippen LogP contribution in [0.3, 0.4) is 0 Å². The first kappa shape index (κ1) is 2.67. The monoisotopic (exact) mass is 82.0 g/mol. The Bertz CT molecular complexity index is 96.1. The predicted molar refractivity (Wildman–Crippen MR) is 22.1 cm³/mol. The molecule has 1 aliphatic carbocycles. The second kappa shape index (κ2) is 0.625. The van der Waals surface area contributed by atoms with E-state index in [0.717, 1.165) is 5.92 Å². The summed E-state index contributed by atoms with van der Waals surface area (Å²) in [7, 11) is 0. The van der Waals surface area contributed by atoms with Gasteiger partial charge in [0.1, 0.15) is 6.10 Å². The summed E-state index contributed by atoms with van der Waals surface area (Å²) in [5.74, 6) is 0.810. The molecule has 0 aromatic carbocycles. The van der Waals surface area contributed by atoms with Gasteiger partial charge in [-0.05, 0) is 12.5 Å². The van der Waals surface area contributed by atoms with Crippen molar-refractivity contribution < 1.29 is 4.74 Å². The van der Waals surface area contributed by atoms with Gasteiger partial charge in [0.25, 0.3) is 0 Å². The van der Waals surface area contributed by atoms with Gasteiger partial charge >= 0.3 is 0 Å². The van der Waals surface area contributed by atoms with Crippen molar-refractivity contribution >= 4 is 0 Å². The highest BCUT2D eigenvalue weighted by atomic mass is 16.5. The van der Waals surface area contributed by atoms with Crippen LogP contribution >= 0.6 is 0 Å². The molecule has 1 nitrogen and oxygen atoms in total. The minimum atomic E-state index is 0.602. The van der Waals surface area contributed by atoms with Crippen molar-refractivity contribution in [1.29, 1.82) is 0 Å². The van der Waals surface area contributed by atoms with Crippen LogP contribution in [-0.2, 0) is 4.74 Å². The summed E-state index contributed by atoms with van der Waals surface area (Å²) < 4.78 is 5.05. The van der Waals surface area contributed by atoms with Crippen molar-refractivity contribution in [3.8, 4) is 0 Å². The fourth-order valence-electron chi connectivity index (χ4n) is 0.796. The summed E-state index contributed by atoms with van der Waals surface area (Å²) in [5.41, 5.74) is 0. The lowest BCUT2D eigenvalue weighted by Crippen LogP contribution is -1.77. The number of ether oxygens (including phenoxy) is 1. The number of hydrogen-bond donors (Lipinski definition) is 0. The molecule has 0 radical (unpaired) electrons. The number of rotatable bonds is 0. The van der Waals surface area contributed by atoms with Gasteiger partial charge in [0.2, 0.25) is 0 Å². The Morgan fingerprint density at radius 3 is 2.83 bits per heavy atom. The fourth-order valence-corrected chi connectivity index (χ4v) is 0.796. The molecule has 1 heteroatoms. The smallest absolute Gasteiger partial charge is 0.105 e. The van der Waals surface area contributed by atoms with Crippen LogP contribution < -0.4 is 0 Å². The van der Waals surface area contributed by atoms with E-state index >= 15 is 0 Å². The van der Waals surface area contributed by atoms with E-state index in [-0.39, 0.29) is 0 Å². The molecular formula is C5H6O. The Morgan fingerprint density at radius 2 is 2.67 bits per heavy atom. The molecule has 0 aromatic heterocycles. The fraction of sp³-hybridized carbons (Fsp3) is 0.600. The molecule has 2 atom stereocenters. The highest BCUT2D eigenvalue weighted by Gasteiger charge is 2.39. The Kier molecular flexibility index (Phi) is 0.278. The van der Waals surface area contributed by atoms with E-state index in [1.807, 2.05) is 0 Å². The summed E-state index contributed by atoms with van der Waals surface area (Å²) in [6.45, 7) is 0. The first-order chi connectivity index (χ1) is 2.97. The van der Waals surface area contributed by atoms with Gasteiger partial charge in [0.15, 0.2) is 0 Å². The van der Waals surface area contributed by atoms with E-state index in [9.17, 15) is 0 Å². The average molecular weight is 82.1 g/mol. The van der Waals surface area contributed by atoms with Gasteiger partial charge in [-0.1, -0.05) is 0 Å². The molecule has 2 rings (SSSR count). The molecule has 1 unspecified atom stereocenters. The third-order valence-electron chi connectivity index (χ3n) is 1.36. The quantitative estimate of drug-likeness (QED) is 0.422. The third-order valence-corrected chi connectivity index (χ3v) is 1.36. The molecule has 0 spiro atoms. The lowest BCUT2D eigenvalue weighted by atomic mass is 10.4. The predicted octanol–water partition coefficient (Wildman–Crippen LogP) is 0.919. The summed E-state index contributed by atoms with van der Waals surface area (Å²) >= 11 is 0. The molecular weight excluding hydrogens is 76.1 g/mol. The van der Waals surface area contributed by atoms with E-state index in [4.69, 9.17) is 4.74 Å². The van der Waals surface area contributed by atoms with E-state index in [2.05, 4.69) is 6.08 Å². The van der Waals surface area contributed by atoms with Crippen LogP contribution in [0.4, 0.5) is 0 Å². The molecule has 0 bridgehead atoms. The van der Waals surface area contributed by atoms with Gasteiger partial charge in [0.05, 0.1) is 6.26 Å². The highest BCUT2D eigenvalue weighted by Crippen LogP contribution is 2.39. The first-order valence-electron chi connectivity index (χ1n) is 2.29. The standard InChI is InChI=1S/C5H6O/c1-2-6-5-3-4(1)5/h1-2,4-5H,3H2/t4?,5-/m0/s1. The highest BCUT2D eigenvalue weighted by molar-refractivity contribution is 5.07. The minimum absolute atomic E-state index is 0.602. The second-order valence-corrected chi connectivity index (χ2v) is 1.90. The topological polar surface area (TPSA) is 9.23 Å². The summed E-state index contributed by atoms with van der Waals surface area (Å²) in [6, 6.07) is 0. The lowest BCUT2D eigenvalue weighted by molar-refractivity contribution is 0.244. The van der Waals surface area contributed by atoms with E-state index in [0.29, 0.717) is 6.10 Å². The average Bonchev–Trinajstić information content (AvgIpc) is 2.17. The molecule has 1 saturated carbocycles.